The number of methoxy groups -OCH3 is 1. The lowest BCUT2D eigenvalue weighted by molar-refractivity contribution is 0.102. The van der Waals surface area contributed by atoms with Crippen molar-refractivity contribution in [1.82, 2.24) is 4.98 Å². The predicted octanol–water partition coefficient (Wildman–Crippen LogP) is 6.92. The summed E-state index contributed by atoms with van der Waals surface area (Å²) in [6.07, 6.45) is 1.25. The zero-order valence-electron chi connectivity index (χ0n) is 18.1. The molecule has 29 heavy (non-hydrogen) atoms. The van der Waals surface area contributed by atoms with Gasteiger partial charge < -0.3 is 10.1 Å². The van der Waals surface area contributed by atoms with Crippen molar-refractivity contribution in [1.29, 1.82) is 0 Å². The van der Waals surface area contributed by atoms with Crippen LogP contribution in [0.4, 0.5) is 5.69 Å². The van der Waals surface area contributed by atoms with E-state index in [4.69, 9.17) is 4.74 Å². The maximum atomic E-state index is 12.5. The van der Waals surface area contributed by atoms with E-state index >= 15 is 0 Å². The van der Waals surface area contributed by atoms with E-state index in [1.165, 1.54) is 6.42 Å². The zero-order chi connectivity index (χ0) is 21.4. The summed E-state index contributed by atoms with van der Waals surface area (Å²) in [4.78, 5) is 17.2. The van der Waals surface area contributed by atoms with Crippen LogP contribution in [0.5, 0.6) is 5.75 Å². The Kier molecular flexibility index (Phi) is 8.40. The third kappa shape index (κ3) is 6.16. The van der Waals surface area contributed by atoms with Gasteiger partial charge in [-0.15, -0.1) is 11.3 Å². The standard InChI is InChI=1S/C21H22N2O2S.C3H8/c1-13(2)21-23-19(12-26-21)15-5-7-16(8-6-15)22-20(24)18-10-9-17(25-4)11-14(18)3;1-3-2/h5-13H,1-4H3,(H,22,24);3H2,1-2H3. The largest absolute Gasteiger partial charge is 0.497 e. The molecular formula is C24H30N2O2S. The Morgan fingerprint density at radius 1 is 1.14 bits per heavy atom. The monoisotopic (exact) mass is 410 g/mol. The van der Waals surface area contributed by atoms with Crippen LogP contribution in [0.25, 0.3) is 11.3 Å². The van der Waals surface area contributed by atoms with E-state index in [0.717, 1.165) is 33.3 Å². The fourth-order valence-electron chi connectivity index (χ4n) is 2.63. The van der Waals surface area contributed by atoms with Crippen molar-refractivity contribution in [2.75, 3.05) is 12.4 Å². The maximum absolute atomic E-state index is 12.5. The van der Waals surface area contributed by atoms with Crippen LogP contribution in [0, 0.1) is 6.92 Å². The molecule has 0 aliphatic rings. The summed E-state index contributed by atoms with van der Waals surface area (Å²) < 4.78 is 5.18. The lowest BCUT2D eigenvalue weighted by atomic mass is 10.1. The first-order valence-corrected chi connectivity index (χ1v) is 10.8. The average molecular weight is 411 g/mol. The molecule has 0 atom stereocenters. The molecule has 0 saturated heterocycles. The van der Waals surface area contributed by atoms with Gasteiger partial charge in [-0.3, -0.25) is 4.79 Å². The molecule has 0 aliphatic heterocycles. The van der Waals surface area contributed by atoms with Crippen molar-refractivity contribution in [2.45, 2.75) is 47.0 Å². The highest BCUT2D eigenvalue weighted by molar-refractivity contribution is 7.10. The Bertz CT molecular complexity index is 930. The molecule has 1 N–H and O–H groups in total. The Labute approximate surface area is 178 Å². The summed E-state index contributed by atoms with van der Waals surface area (Å²) in [5.41, 5.74) is 4.29. The number of nitrogens with zero attached hydrogens (tertiary/aromatic N) is 1. The average Bonchev–Trinajstić information content (AvgIpc) is 3.19. The summed E-state index contributed by atoms with van der Waals surface area (Å²) in [6, 6.07) is 13.2. The number of nitrogens with one attached hydrogen (secondary N) is 1. The van der Waals surface area contributed by atoms with Gasteiger partial charge in [-0.25, -0.2) is 4.98 Å². The van der Waals surface area contributed by atoms with Gasteiger partial charge in [-0.2, -0.15) is 0 Å². The van der Waals surface area contributed by atoms with E-state index in [1.54, 1.807) is 30.6 Å². The molecule has 0 unspecified atom stereocenters. The highest BCUT2D eigenvalue weighted by Gasteiger charge is 2.11. The van der Waals surface area contributed by atoms with Gasteiger partial charge in [0.25, 0.3) is 5.91 Å². The molecule has 3 aromatic rings. The van der Waals surface area contributed by atoms with Gasteiger partial charge in [0.1, 0.15) is 5.75 Å². The van der Waals surface area contributed by atoms with E-state index in [0.29, 0.717) is 11.5 Å². The lowest BCUT2D eigenvalue weighted by Crippen LogP contribution is -2.13. The molecule has 1 aromatic heterocycles. The topological polar surface area (TPSA) is 51.2 Å². The van der Waals surface area contributed by atoms with Gasteiger partial charge >= 0.3 is 0 Å². The molecule has 0 saturated carbocycles. The quantitative estimate of drug-likeness (QED) is 0.497. The van der Waals surface area contributed by atoms with Crippen molar-refractivity contribution in [3.63, 3.8) is 0 Å². The van der Waals surface area contributed by atoms with Crippen LogP contribution >= 0.6 is 11.3 Å². The first-order chi connectivity index (χ1) is 13.9. The zero-order valence-corrected chi connectivity index (χ0v) is 18.9. The van der Waals surface area contributed by atoms with Gasteiger partial charge in [0.2, 0.25) is 0 Å². The molecule has 0 fully saturated rings. The maximum Gasteiger partial charge on any atom is 0.255 e. The number of carbonyl (C=O) groups is 1. The Balaban J connectivity index is 0.000000941. The number of aryl methyl sites for hydroxylation is 1. The molecule has 2 aromatic carbocycles. The normalized spacial score (nSPS) is 10.3. The van der Waals surface area contributed by atoms with Crippen LogP contribution in [0.15, 0.2) is 47.8 Å². The minimum Gasteiger partial charge on any atom is -0.497 e. The van der Waals surface area contributed by atoms with Crippen LogP contribution in [-0.2, 0) is 0 Å². The van der Waals surface area contributed by atoms with Crippen molar-refractivity contribution < 1.29 is 9.53 Å². The van der Waals surface area contributed by atoms with Gasteiger partial charge in [-0.05, 0) is 42.8 Å². The van der Waals surface area contributed by atoms with Gasteiger partial charge in [-0.1, -0.05) is 46.2 Å². The summed E-state index contributed by atoms with van der Waals surface area (Å²) in [7, 11) is 1.61. The first-order valence-electron chi connectivity index (χ1n) is 9.91. The second kappa shape index (κ2) is 10.8. The summed E-state index contributed by atoms with van der Waals surface area (Å²) in [5.74, 6) is 1.04. The third-order valence-electron chi connectivity index (χ3n) is 4.13. The second-order valence-corrected chi connectivity index (χ2v) is 8.03. The number of hydrogen-bond donors (Lipinski definition) is 1. The molecule has 3 rings (SSSR count). The van der Waals surface area contributed by atoms with E-state index in [-0.39, 0.29) is 5.91 Å². The number of aromatic nitrogens is 1. The predicted molar refractivity (Wildman–Crippen MR) is 123 cm³/mol. The number of ether oxygens (including phenoxy) is 1. The molecule has 0 aliphatic carbocycles. The van der Waals surface area contributed by atoms with Crippen LogP contribution < -0.4 is 10.1 Å². The third-order valence-corrected chi connectivity index (χ3v) is 5.28. The smallest absolute Gasteiger partial charge is 0.255 e. The molecule has 1 amide bonds. The lowest BCUT2D eigenvalue weighted by Gasteiger charge is -2.09. The van der Waals surface area contributed by atoms with Crippen LogP contribution in [0.3, 0.4) is 0 Å². The first kappa shape index (κ1) is 22.6. The molecular weight excluding hydrogens is 380 g/mol. The Morgan fingerprint density at radius 2 is 1.79 bits per heavy atom. The number of thiazole rings is 1. The molecule has 4 nitrogen and oxygen atoms in total. The van der Waals surface area contributed by atoms with E-state index in [1.807, 2.05) is 37.3 Å². The summed E-state index contributed by atoms with van der Waals surface area (Å²) in [5, 5.41) is 6.15. The second-order valence-electron chi connectivity index (χ2n) is 7.15. The van der Waals surface area contributed by atoms with Crippen molar-refractivity contribution >= 4 is 22.9 Å². The molecule has 0 radical (unpaired) electrons. The van der Waals surface area contributed by atoms with E-state index < -0.39 is 0 Å². The van der Waals surface area contributed by atoms with E-state index in [2.05, 4.69) is 43.4 Å². The van der Waals surface area contributed by atoms with Gasteiger partial charge in [0, 0.05) is 28.1 Å². The summed E-state index contributed by atoms with van der Waals surface area (Å²) >= 11 is 1.68. The number of rotatable bonds is 5. The number of anilines is 1. The molecule has 0 spiro atoms. The van der Waals surface area contributed by atoms with Crippen molar-refractivity contribution in [3.05, 3.63) is 64.0 Å². The SMILES string of the molecule is CCC.COc1ccc(C(=O)Nc2ccc(-c3csc(C(C)C)n3)cc2)c(C)c1. The Morgan fingerprint density at radius 3 is 2.31 bits per heavy atom. The molecule has 0 bridgehead atoms. The molecule has 5 heteroatoms. The van der Waals surface area contributed by atoms with Crippen LogP contribution in [-0.4, -0.2) is 18.0 Å². The number of carbonyl (C=O) groups excluding carboxylic acids is 1. The van der Waals surface area contributed by atoms with Crippen LogP contribution in [0.1, 0.15) is 61.0 Å². The molecule has 1 heterocycles. The molecule has 154 valence electrons. The minimum absolute atomic E-state index is 0.131. The van der Waals surface area contributed by atoms with Crippen molar-refractivity contribution in [2.24, 2.45) is 0 Å². The van der Waals surface area contributed by atoms with Gasteiger partial charge in [0.05, 0.1) is 17.8 Å². The van der Waals surface area contributed by atoms with Gasteiger partial charge in [0.15, 0.2) is 0 Å². The number of hydrogen-bond acceptors (Lipinski definition) is 4. The highest BCUT2D eigenvalue weighted by Crippen LogP contribution is 2.27. The minimum atomic E-state index is -0.131. The van der Waals surface area contributed by atoms with Crippen molar-refractivity contribution in [3.8, 4) is 17.0 Å². The fraction of sp³-hybridized carbons (Fsp3) is 0.333. The van der Waals surface area contributed by atoms with Crippen LogP contribution in [0.2, 0.25) is 0 Å². The summed E-state index contributed by atoms with van der Waals surface area (Å²) in [6.45, 7) is 10.4. The fourth-order valence-corrected chi connectivity index (χ4v) is 3.47. The number of benzene rings is 2. The van der Waals surface area contributed by atoms with E-state index in [9.17, 15) is 4.79 Å². The highest BCUT2D eigenvalue weighted by atomic mass is 32.1. The Hall–Kier alpha value is -2.66. The number of amides is 1.